The number of nitrogens with zero attached hydrogens (tertiary/aromatic N) is 3. The normalized spacial score (nSPS) is 12.0. The van der Waals surface area contributed by atoms with E-state index in [-0.39, 0.29) is 11.6 Å². The highest BCUT2D eigenvalue weighted by atomic mass is 32.2. The van der Waals surface area contributed by atoms with E-state index in [2.05, 4.69) is 15.5 Å². The number of amides is 1. The Kier molecular flexibility index (Phi) is 7.63. The fraction of sp³-hybridized carbons (Fsp3) is 0.107. The fourth-order valence-corrected chi connectivity index (χ4v) is 4.78. The summed E-state index contributed by atoms with van der Waals surface area (Å²) in [6.07, 6.45) is -8.51. The molecule has 0 radical (unpaired) electrons. The van der Waals surface area contributed by atoms with Gasteiger partial charge < -0.3 is 9.73 Å². The molecule has 0 saturated carbocycles. The van der Waals surface area contributed by atoms with Crippen LogP contribution in [0.3, 0.4) is 0 Å². The van der Waals surface area contributed by atoms with Crippen molar-refractivity contribution in [2.75, 3.05) is 5.32 Å². The zero-order valence-electron chi connectivity index (χ0n) is 20.7. The lowest BCUT2D eigenvalue weighted by molar-refractivity contribution is -0.143. The van der Waals surface area contributed by atoms with Gasteiger partial charge in [-0.1, -0.05) is 42.1 Å². The number of hydrogen-bond acceptors (Lipinski definition) is 5. The van der Waals surface area contributed by atoms with Gasteiger partial charge in [0.15, 0.2) is 10.9 Å². The summed E-state index contributed by atoms with van der Waals surface area (Å²) in [7, 11) is 0. The molecule has 0 saturated heterocycles. The first-order valence-electron chi connectivity index (χ1n) is 11.9. The smallest absolute Gasteiger partial charge is 0.416 e. The van der Waals surface area contributed by atoms with Gasteiger partial charge in [0.25, 0.3) is 5.91 Å². The first-order valence-corrected chi connectivity index (χ1v) is 12.8. The zero-order valence-corrected chi connectivity index (χ0v) is 21.5. The van der Waals surface area contributed by atoms with Crippen molar-refractivity contribution in [2.24, 2.45) is 0 Å². The van der Waals surface area contributed by atoms with Gasteiger partial charge in [-0.05, 0) is 60.2 Å². The molecule has 2 heterocycles. The first kappa shape index (κ1) is 28.0. The average molecular weight is 589 g/mol. The zero-order chi connectivity index (χ0) is 29.2. The van der Waals surface area contributed by atoms with E-state index in [1.807, 2.05) is 34.9 Å². The van der Waals surface area contributed by atoms with Crippen molar-refractivity contribution >= 4 is 23.4 Å². The van der Waals surface area contributed by atoms with Crippen molar-refractivity contribution in [3.8, 4) is 17.3 Å². The second-order valence-electron chi connectivity index (χ2n) is 8.69. The average Bonchev–Trinajstić information content (AvgIpc) is 3.62. The molecule has 0 aliphatic heterocycles. The van der Waals surface area contributed by atoms with E-state index in [4.69, 9.17) is 4.42 Å². The molecule has 0 atom stereocenters. The van der Waals surface area contributed by atoms with Crippen molar-refractivity contribution in [1.82, 2.24) is 14.8 Å². The largest absolute Gasteiger partial charge is 0.461 e. The standard InChI is InChI=1S/C28H18F6N4O2S/c29-27(30,31)19-13-20(28(32,33)34)15-21(14-19)35-25(39)18-10-8-17(9-11-18)16-41-26-37-36-24(23-7-4-12-40-23)38(26)22-5-2-1-3-6-22/h1-15H,16H2,(H,35,39). The van der Waals surface area contributed by atoms with Gasteiger partial charge in [0, 0.05) is 22.7 Å². The minimum Gasteiger partial charge on any atom is -0.461 e. The summed E-state index contributed by atoms with van der Waals surface area (Å²) >= 11 is 1.37. The lowest BCUT2D eigenvalue weighted by Crippen LogP contribution is -2.16. The Morgan fingerprint density at radius 1 is 0.829 bits per heavy atom. The van der Waals surface area contributed by atoms with Crippen LogP contribution in [0, 0.1) is 0 Å². The molecule has 2 aromatic heterocycles. The highest BCUT2D eigenvalue weighted by Gasteiger charge is 2.37. The van der Waals surface area contributed by atoms with Crippen LogP contribution in [0.25, 0.3) is 17.3 Å². The molecule has 13 heteroatoms. The van der Waals surface area contributed by atoms with E-state index in [9.17, 15) is 31.1 Å². The van der Waals surface area contributed by atoms with Crippen molar-refractivity contribution in [2.45, 2.75) is 23.3 Å². The number of hydrogen-bond donors (Lipinski definition) is 1. The minimum atomic E-state index is -5.02. The van der Waals surface area contributed by atoms with E-state index >= 15 is 0 Å². The lowest BCUT2D eigenvalue weighted by Gasteiger charge is -2.15. The number of rotatable bonds is 7. The maximum atomic E-state index is 13.1. The number of nitrogens with one attached hydrogen (secondary N) is 1. The number of carbonyl (C=O) groups excluding carboxylic acids is 1. The number of aromatic nitrogens is 3. The Hall–Kier alpha value is -4.52. The Morgan fingerprint density at radius 3 is 2.07 bits per heavy atom. The SMILES string of the molecule is O=C(Nc1cc(C(F)(F)F)cc(C(F)(F)F)c1)c1ccc(CSc2nnc(-c3ccco3)n2-c2ccccc2)cc1. The number of thioether (sulfide) groups is 1. The molecule has 0 fully saturated rings. The lowest BCUT2D eigenvalue weighted by atomic mass is 10.1. The van der Waals surface area contributed by atoms with E-state index in [0.29, 0.717) is 34.6 Å². The molecule has 0 bridgehead atoms. The highest BCUT2D eigenvalue weighted by molar-refractivity contribution is 7.98. The van der Waals surface area contributed by atoms with Crippen LogP contribution in [-0.2, 0) is 18.1 Å². The highest BCUT2D eigenvalue weighted by Crippen LogP contribution is 2.37. The van der Waals surface area contributed by atoms with Crippen molar-refractivity contribution < 1.29 is 35.6 Å². The van der Waals surface area contributed by atoms with E-state index < -0.39 is 35.1 Å². The summed E-state index contributed by atoms with van der Waals surface area (Å²) in [6.45, 7) is 0. The third-order valence-electron chi connectivity index (χ3n) is 5.82. The Labute approximate surface area is 233 Å². The summed E-state index contributed by atoms with van der Waals surface area (Å²) in [4.78, 5) is 12.6. The number of furan rings is 1. The molecule has 3 aromatic carbocycles. The molecule has 1 N–H and O–H groups in total. The molecule has 41 heavy (non-hydrogen) atoms. The molecule has 1 amide bonds. The van der Waals surface area contributed by atoms with Crippen LogP contribution in [-0.4, -0.2) is 20.7 Å². The van der Waals surface area contributed by atoms with Gasteiger partial charge in [0.2, 0.25) is 5.82 Å². The first-order chi connectivity index (χ1) is 19.5. The third kappa shape index (κ3) is 6.46. The fourth-order valence-electron chi connectivity index (χ4n) is 3.87. The van der Waals surface area contributed by atoms with Crippen LogP contribution < -0.4 is 5.32 Å². The molecular weight excluding hydrogens is 570 g/mol. The topological polar surface area (TPSA) is 73.0 Å². The molecule has 0 unspecified atom stereocenters. The van der Waals surface area contributed by atoms with Crippen LogP contribution in [0.1, 0.15) is 27.0 Å². The van der Waals surface area contributed by atoms with Crippen molar-refractivity contribution in [3.05, 3.63) is 113 Å². The quantitative estimate of drug-likeness (QED) is 0.154. The van der Waals surface area contributed by atoms with Gasteiger partial charge in [-0.25, -0.2) is 0 Å². The number of halogens is 6. The molecule has 0 spiro atoms. The molecule has 5 rings (SSSR count). The Bertz CT molecular complexity index is 1620. The van der Waals surface area contributed by atoms with Crippen LogP contribution in [0.2, 0.25) is 0 Å². The van der Waals surface area contributed by atoms with Crippen molar-refractivity contribution in [3.63, 3.8) is 0 Å². The predicted molar refractivity (Wildman–Crippen MR) is 139 cm³/mol. The van der Waals surface area contributed by atoms with Crippen LogP contribution >= 0.6 is 11.8 Å². The van der Waals surface area contributed by atoms with Crippen LogP contribution in [0.15, 0.2) is 101 Å². The number of para-hydroxylation sites is 1. The summed E-state index contributed by atoms with van der Waals surface area (Å²) in [6, 6.07) is 20.0. The number of alkyl halides is 6. The summed E-state index contributed by atoms with van der Waals surface area (Å²) in [5.41, 5.74) is -2.00. The summed E-state index contributed by atoms with van der Waals surface area (Å²) in [5, 5.41) is 11.3. The van der Waals surface area contributed by atoms with Crippen LogP contribution in [0.5, 0.6) is 0 Å². The molecule has 6 nitrogen and oxygen atoms in total. The summed E-state index contributed by atoms with van der Waals surface area (Å²) in [5.74, 6) is 0.613. The van der Waals surface area contributed by atoms with Gasteiger partial charge >= 0.3 is 12.4 Å². The summed E-state index contributed by atoms with van der Waals surface area (Å²) < 4.78 is 86.1. The Balaban J connectivity index is 1.31. The maximum Gasteiger partial charge on any atom is 0.416 e. The second-order valence-corrected chi connectivity index (χ2v) is 9.63. The predicted octanol–water partition coefficient (Wildman–Crippen LogP) is 8.11. The molecular formula is C28H18F6N4O2S. The van der Waals surface area contributed by atoms with E-state index in [0.717, 1.165) is 11.3 Å². The van der Waals surface area contributed by atoms with Crippen LogP contribution in [0.4, 0.5) is 32.0 Å². The molecule has 5 aromatic rings. The van der Waals surface area contributed by atoms with Gasteiger partial charge in [-0.15, -0.1) is 10.2 Å². The number of anilines is 1. The molecule has 210 valence electrons. The monoisotopic (exact) mass is 588 g/mol. The van der Waals surface area contributed by atoms with Gasteiger partial charge in [0.05, 0.1) is 17.4 Å². The van der Waals surface area contributed by atoms with E-state index in [1.165, 1.54) is 30.2 Å². The minimum absolute atomic E-state index is 0.00169. The number of carbonyl (C=O) groups is 1. The molecule has 0 aliphatic carbocycles. The Morgan fingerprint density at radius 2 is 1.49 bits per heavy atom. The van der Waals surface area contributed by atoms with Crippen molar-refractivity contribution in [1.29, 1.82) is 0 Å². The number of benzene rings is 3. The molecule has 0 aliphatic rings. The third-order valence-corrected chi connectivity index (χ3v) is 6.82. The second kappa shape index (κ2) is 11.2. The van der Waals surface area contributed by atoms with Gasteiger partial charge in [0.1, 0.15) is 0 Å². The van der Waals surface area contributed by atoms with E-state index in [1.54, 1.807) is 24.3 Å². The van der Waals surface area contributed by atoms with Gasteiger partial charge in [-0.2, -0.15) is 26.3 Å². The van der Waals surface area contributed by atoms with Gasteiger partial charge in [-0.3, -0.25) is 9.36 Å². The maximum absolute atomic E-state index is 13.1.